The average Bonchev–Trinajstić information content (AvgIpc) is 3.06. The summed E-state index contributed by atoms with van der Waals surface area (Å²) in [6, 6.07) is 6.42. The van der Waals surface area contributed by atoms with Crippen LogP contribution in [0.15, 0.2) is 18.2 Å². The molecule has 2 aliphatic rings. The number of rotatable bonds is 5. The van der Waals surface area contributed by atoms with Crippen molar-refractivity contribution in [1.29, 1.82) is 0 Å². The second kappa shape index (κ2) is 8.03. The molecule has 6 nitrogen and oxygen atoms in total. The molecule has 1 aromatic carbocycles. The van der Waals surface area contributed by atoms with Crippen molar-refractivity contribution >= 4 is 16.8 Å². The van der Waals surface area contributed by atoms with Crippen molar-refractivity contribution < 1.29 is 14.3 Å². The van der Waals surface area contributed by atoms with Crippen LogP contribution in [-0.4, -0.2) is 55.3 Å². The summed E-state index contributed by atoms with van der Waals surface area (Å²) in [6.45, 7) is 3.21. The molecule has 0 aliphatic carbocycles. The first-order valence-electron chi connectivity index (χ1n) is 10.4. The first kappa shape index (κ1) is 19.1. The van der Waals surface area contributed by atoms with E-state index in [0.29, 0.717) is 29.2 Å². The van der Waals surface area contributed by atoms with Crippen molar-refractivity contribution in [2.75, 3.05) is 33.9 Å². The van der Waals surface area contributed by atoms with Crippen LogP contribution < -0.4 is 14.8 Å². The molecule has 1 aromatic heterocycles. The minimum Gasteiger partial charge on any atom is -0.493 e. The van der Waals surface area contributed by atoms with Crippen molar-refractivity contribution in [1.82, 2.24) is 14.8 Å². The molecule has 2 atom stereocenters. The van der Waals surface area contributed by atoms with Crippen molar-refractivity contribution in [3.05, 3.63) is 23.9 Å². The number of nitrogens with zero attached hydrogens (tertiary/aromatic N) is 2. The van der Waals surface area contributed by atoms with Crippen LogP contribution in [0, 0.1) is 5.92 Å². The summed E-state index contributed by atoms with van der Waals surface area (Å²) in [4.78, 5) is 15.6. The first-order chi connectivity index (χ1) is 13.6. The zero-order valence-corrected chi connectivity index (χ0v) is 17.2. The van der Waals surface area contributed by atoms with E-state index in [0.717, 1.165) is 17.4 Å². The molecule has 0 bridgehead atoms. The number of piperidine rings is 2. The molecule has 6 heteroatoms. The third-order valence-corrected chi connectivity index (χ3v) is 6.53. The molecule has 4 rings (SSSR count). The van der Waals surface area contributed by atoms with Crippen LogP contribution in [0.1, 0.15) is 42.6 Å². The van der Waals surface area contributed by atoms with Gasteiger partial charge in [-0.2, -0.15) is 0 Å². The Morgan fingerprint density at radius 3 is 2.61 bits per heavy atom. The highest BCUT2D eigenvalue weighted by Crippen LogP contribution is 2.34. The van der Waals surface area contributed by atoms with Crippen LogP contribution in [0.25, 0.3) is 10.9 Å². The van der Waals surface area contributed by atoms with Crippen molar-refractivity contribution in [3.63, 3.8) is 0 Å². The number of methoxy groups -OCH3 is 2. The predicted octanol–water partition coefficient (Wildman–Crippen LogP) is 3.19. The van der Waals surface area contributed by atoms with Crippen molar-refractivity contribution in [3.8, 4) is 11.5 Å². The number of hydrogen-bond acceptors (Lipinski definition) is 4. The van der Waals surface area contributed by atoms with Crippen LogP contribution in [0.2, 0.25) is 0 Å². The molecule has 2 unspecified atom stereocenters. The van der Waals surface area contributed by atoms with E-state index in [-0.39, 0.29) is 5.91 Å². The van der Waals surface area contributed by atoms with Gasteiger partial charge < -0.3 is 24.3 Å². The summed E-state index contributed by atoms with van der Waals surface area (Å²) in [5.41, 5.74) is 1.63. The van der Waals surface area contributed by atoms with Gasteiger partial charge >= 0.3 is 0 Å². The van der Waals surface area contributed by atoms with E-state index in [1.165, 1.54) is 45.2 Å². The van der Waals surface area contributed by atoms with Gasteiger partial charge in [-0.3, -0.25) is 4.79 Å². The van der Waals surface area contributed by atoms with E-state index < -0.39 is 0 Å². The third-order valence-electron chi connectivity index (χ3n) is 6.53. The molecule has 2 fully saturated rings. The van der Waals surface area contributed by atoms with Crippen molar-refractivity contribution in [2.24, 2.45) is 13.0 Å². The maximum absolute atomic E-state index is 12.9. The molecule has 2 aromatic rings. The molecule has 152 valence electrons. The number of hydrogen-bond donors (Lipinski definition) is 1. The first-order valence-corrected chi connectivity index (χ1v) is 10.4. The summed E-state index contributed by atoms with van der Waals surface area (Å²) in [7, 11) is 5.17. The van der Waals surface area contributed by atoms with Gasteiger partial charge in [0.05, 0.1) is 19.7 Å². The zero-order valence-electron chi connectivity index (χ0n) is 17.2. The van der Waals surface area contributed by atoms with Gasteiger partial charge in [0.15, 0.2) is 11.5 Å². The molecule has 0 spiro atoms. The normalized spacial score (nSPS) is 22.7. The third kappa shape index (κ3) is 3.46. The predicted molar refractivity (Wildman–Crippen MR) is 110 cm³/mol. The molecule has 1 amide bonds. The van der Waals surface area contributed by atoms with Gasteiger partial charge in [0.1, 0.15) is 5.69 Å². The lowest BCUT2D eigenvalue weighted by Gasteiger charge is -2.44. The summed E-state index contributed by atoms with van der Waals surface area (Å²) in [5.74, 6) is 1.90. The minimum absolute atomic E-state index is 0.00966. The fourth-order valence-electron chi connectivity index (χ4n) is 5.01. The fourth-order valence-corrected chi connectivity index (χ4v) is 5.01. The molecular formula is C22H31N3O3. The molecule has 3 heterocycles. The Hall–Kier alpha value is -2.21. The highest BCUT2D eigenvalue weighted by atomic mass is 16.5. The highest BCUT2D eigenvalue weighted by Gasteiger charge is 2.33. The molecule has 0 radical (unpaired) electrons. The lowest BCUT2D eigenvalue weighted by Crippen LogP contribution is -2.51. The monoisotopic (exact) mass is 385 g/mol. The summed E-state index contributed by atoms with van der Waals surface area (Å²) in [6.07, 6.45) is 6.36. The fraction of sp³-hybridized carbons (Fsp3) is 0.591. The van der Waals surface area contributed by atoms with E-state index in [1.54, 1.807) is 14.2 Å². The molecule has 2 aliphatic heterocycles. The van der Waals surface area contributed by atoms with Gasteiger partial charge in [-0.1, -0.05) is 6.42 Å². The maximum atomic E-state index is 12.9. The van der Waals surface area contributed by atoms with Gasteiger partial charge in [-0.05, 0) is 56.8 Å². The lowest BCUT2D eigenvalue weighted by molar-refractivity contribution is 0.0574. The Morgan fingerprint density at radius 2 is 1.82 bits per heavy atom. The Kier molecular flexibility index (Phi) is 5.49. The Balaban J connectivity index is 1.50. The number of amides is 1. The SMILES string of the molecule is COc1cc2cc(C(=O)NCC3CCCN4CCCCC34)n(C)c2cc1OC. The number of nitrogens with one attached hydrogen (secondary N) is 1. The second-order valence-electron chi connectivity index (χ2n) is 8.07. The molecule has 2 saturated heterocycles. The highest BCUT2D eigenvalue weighted by molar-refractivity contribution is 5.99. The Morgan fingerprint density at radius 1 is 1.07 bits per heavy atom. The Labute approximate surface area is 166 Å². The largest absolute Gasteiger partial charge is 0.493 e. The topological polar surface area (TPSA) is 55.7 Å². The van der Waals surface area contributed by atoms with Gasteiger partial charge in [0.2, 0.25) is 0 Å². The van der Waals surface area contributed by atoms with Crippen LogP contribution in [0.3, 0.4) is 0 Å². The van der Waals surface area contributed by atoms with E-state index in [2.05, 4.69) is 10.2 Å². The second-order valence-corrected chi connectivity index (χ2v) is 8.07. The Bertz CT molecular complexity index is 858. The average molecular weight is 386 g/mol. The molecule has 1 N–H and O–H groups in total. The number of aromatic nitrogens is 1. The number of ether oxygens (including phenoxy) is 2. The zero-order chi connectivity index (χ0) is 19.7. The number of benzene rings is 1. The van der Waals surface area contributed by atoms with E-state index in [4.69, 9.17) is 9.47 Å². The summed E-state index contributed by atoms with van der Waals surface area (Å²) < 4.78 is 12.7. The van der Waals surface area contributed by atoms with E-state index >= 15 is 0 Å². The minimum atomic E-state index is -0.00966. The van der Waals surface area contributed by atoms with Gasteiger partial charge in [0, 0.05) is 31.1 Å². The smallest absolute Gasteiger partial charge is 0.267 e. The van der Waals surface area contributed by atoms with E-state index in [9.17, 15) is 4.79 Å². The van der Waals surface area contributed by atoms with Crippen LogP contribution in [0.5, 0.6) is 11.5 Å². The van der Waals surface area contributed by atoms with Crippen LogP contribution >= 0.6 is 0 Å². The standard InChI is InChI=1S/C22H31N3O3/c1-24-18-13-21(28-3)20(27-2)12-16(18)11-19(24)22(26)23-14-15-7-6-10-25-9-5-4-8-17(15)25/h11-13,15,17H,4-10,14H2,1-3H3,(H,23,26). The lowest BCUT2D eigenvalue weighted by atomic mass is 9.83. The number of aryl methyl sites for hydroxylation is 1. The number of carbonyl (C=O) groups excluding carboxylic acids is 1. The maximum Gasteiger partial charge on any atom is 0.267 e. The summed E-state index contributed by atoms with van der Waals surface area (Å²) >= 11 is 0. The molecule has 0 saturated carbocycles. The summed E-state index contributed by atoms with van der Waals surface area (Å²) in [5, 5.41) is 4.19. The number of fused-ring (bicyclic) bond motifs is 2. The number of carbonyl (C=O) groups is 1. The van der Waals surface area contributed by atoms with Gasteiger partial charge in [-0.25, -0.2) is 0 Å². The van der Waals surface area contributed by atoms with Crippen LogP contribution in [-0.2, 0) is 7.05 Å². The quantitative estimate of drug-likeness (QED) is 0.859. The van der Waals surface area contributed by atoms with Crippen LogP contribution in [0.4, 0.5) is 0 Å². The molecular weight excluding hydrogens is 354 g/mol. The van der Waals surface area contributed by atoms with Gasteiger partial charge in [0.25, 0.3) is 5.91 Å². The molecule has 28 heavy (non-hydrogen) atoms. The van der Waals surface area contributed by atoms with Crippen molar-refractivity contribution in [2.45, 2.75) is 38.1 Å². The van der Waals surface area contributed by atoms with Gasteiger partial charge in [-0.15, -0.1) is 0 Å². The van der Waals surface area contributed by atoms with E-state index in [1.807, 2.05) is 29.8 Å².